The van der Waals surface area contributed by atoms with E-state index >= 15 is 0 Å². The minimum absolute atomic E-state index is 0.0863. The molecule has 0 rings (SSSR count). The minimum atomic E-state index is -0.650. The van der Waals surface area contributed by atoms with Crippen LogP contribution in [-0.2, 0) is 4.74 Å². The Labute approximate surface area is 96.1 Å². The van der Waals surface area contributed by atoms with Crippen LogP contribution in [0.25, 0.3) is 10.4 Å². The number of hydrogen-bond donors (Lipinski definition) is 1. The number of rotatable bonds is 7. The molecule has 0 aromatic heterocycles. The lowest BCUT2D eigenvalue weighted by molar-refractivity contribution is -0.00152. The van der Waals surface area contributed by atoms with Crippen LogP contribution in [0, 0.1) is 5.92 Å². The molecule has 90 valence electrons. The maximum absolute atomic E-state index is 9.91. The van der Waals surface area contributed by atoms with Gasteiger partial charge in [-0.3, -0.25) is 0 Å². The number of hydrogen-bond acceptors (Lipinski definition) is 3. The van der Waals surface area contributed by atoms with E-state index in [9.17, 15) is 5.11 Å². The Kier molecular flexibility index (Phi) is 7.29. The molecule has 0 aromatic carbocycles. The van der Waals surface area contributed by atoms with E-state index in [1.165, 1.54) is 7.11 Å². The molecule has 16 heavy (non-hydrogen) atoms. The van der Waals surface area contributed by atoms with Crippen molar-refractivity contribution < 1.29 is 9.84 Å². The van der Waals surface area contributed by atoms with Crippen molar-refractivity contribution in [1.82, 2.24) is 0 Å². The van der Waals surface area contributed by atoms with Crippen molar-refractivity contribution in [2.24, 2.45) is 11.0 Å². The Morgan fingerprint density at radius 2 is 2.31 bits per heavy atom. The molecule has 0 saturated heterocycles. The standard InChI is InChI=1S/C11H19N3O2/c1-5-10(16-4)11(15)9(3)6-8(2)7-13-14-12/h5-6,9-11,15H,1,7H2,2-4H3/b8-6-/t9?,10?,11-/m0/s1. The topological polar surface area (TPSA) is 78.2 Å². The molecule has 0 heterocycles. The second-order valence-electron chi connectivity index (χ2n) is 3.69. The van der Waals surface area contributed by atoms with Crippen LogP contribution in [0.1, 0.15) is 13.8 Å². The second-order valence-corrected chi connectivity index (χ2v) is 3.69. The van der Waals surface area contributed by atoms with Crippen LogP contribution in [-0.4, -0.2) is 31.0 Å². The lowest BCUT2D eigenvalue weighted by Gasteiger charge is -2.22. The highest BCUT2D eigenvalue weighted by atomic mass is 16.5. The summed E-state index contributed by atoms with van der Waals surface area (Å²) in [4.78, 5) is 2.68. The van der Waals surface area contributed by atoms with E-state index in [1.807, 2.05) is 19.9 Å². The van der Waals surface area contributed by atoms with E-state index < -0.39 is 12.2 Å². The van der Waals surface area contributed by atoms with E-state index in [0.29, 0.717) is 6.54 Å². The van der Waals surface area contributed by atoms with E-state index in [2.05, 4.69) is 16.6 Å². The number of aliphatic hydroxyl groups is 1. The molecular formula is C11H19N3O2. The van der Waals surface area contributed by atoms with Gasteiger partial charge in [0.15, 0.2) is 0 Å². The number of methoxy groups -OCH3 is 1. The predicted octanol–water partition coefficient (Wildman–Crippen LogP) is 2.44. The number of aliphatic hydroxyl groups excluding tert-OH is 1. The Morgan fingerprint density at radius 3 is 2.75 bits per heavy atom. The summed E-state index contributed by atoms with van der Waals surface area (Å²) in [5.41, 5.74) is 9.09. The molecule has 0 amide bonds. The number of ether oxygens (including phenoxy) is 1. The first kappa shape index (κ1) is 14.7. The molecule has 0 saturated carbocycles. The van der Waals surface area contributed by atoms with Crippen molar-refractivity contribution in [3.8, 4) is 0 Å². The molecule has 0 bridgehead atoms. The highest BCUT2D eigenvalue weighted by Crippen LogP contribution is 2.14. The maximum Gasteiger partial charge on any atom is 0.101 e. The first-order valence-electron chi connectivity index (χ1n) is 5.08. The van der Waals surface area contributed by atoms with Crippen LogP contribution in [0.3, 0.4) is 0 Å². The fourth-order valence-electron chi connectivity index (χ4n) is 1.42. The first-order valence-corrected chi connectivity index (χ1v) is 5.08. The van der Waals surface area contributed by atoms with Crippen LogP contribution in [0.4, 0.5) is 0 Å². The van der Waals surface area contributed by atoms with Crippen LogP contribution in [0.2, 0.25) is 0 Å². The van der Waals surface area contributed by atoms with E-state index in [0.717, 1.165) is 5.57 Å². The second kappa shape index (κ2) is 7.93. The van der Waals surface area contributed by atoms with Gasteiger partial charge >= 0.3 is 0 Å². The van der Waals surface area contributed by atoms with Gasteiger partial charge in [-0.1, -0.05) is 29.8 Å². The zero-order valence-corrected chi connectivity index (χ0v) is 10.00. The molecule has 0 aliphatic heterocycles. The molecule has 3 atom stereocenters. The van der Waals surface area contributed by atoms with Crippen LogP contribution >= 0.6 is 0 Å². The highest BCUT2D eigenvalue weighted by molar-refractivity contribution is 5.05. The Morgan fingerprint density at radius 1 is 1.69 bits per heavy atom. The average Bonchev–Trinajstić information content (AvgIpc) is 2.27. The Hall–Kier alpha value is -1.29. The number of nitrogens with zero attached hydrogens (tertiary/aromatic N) is 3. The van der Waals surface area contributed by atoms with Crippen molar-refractivity contribution >= 4 is 0 Å². The smallest absolute Gasteiger partial charge is 0.101 e. The largest absolute Gasteiger partial charge is 0.389 e. The quantitative estimate of drug-likeness (QED) is 0.312. The third-order valence-corrected chi connectivity index (χ3v) is 2.31. The highest BCUT2D eigenvalue weighted by Gasteiger charge is 2.20. The lowest BCUT2D eigenvalue weighted by atomic mass is 9.97. The molecule has 0 aliphatic rings. The Balaban J connectivity index is 4.47. The van der Waals surface area contributed by atoms with Gasteiger partial charge in [0.1, 0.15) is 6.10 Å². The van der Waals surface area contributed by atoms with Gasteiger partial charge in [-0.15, -0.1) is 6.58 Å². The normalized spacial score (nSPS) is 17.1. The number of azide groups is 1. The van der Waals surface area contributed by atoms with E-state index in [-0.39, 0.29) is 5.92 Å². The van der Waals surface area contributed by atoms with Gasteiger partial charge in [0, 0.05) is 24.5 Å². The molecule has 0 spiro atoms. The summed E-state index contributed by atoms with van der Waals surface area (Å²) in [5, 5.41) is 13.4. The van der Waals surface area contributed by atoms with E-state index in [1.54, 1.807) is 6.08 Å². The van der Waals surface area contributed by atoms with Gasteiger partial charge in [-0.05, 0) is 12.5 Å². The summed E-state index contributed by atoms with van der Waals surface area (Å²) in [5.74, 6) is -0.0863. The van der Waals surface area contributed by atoms with Gasteiger partial charge in [-0.2, -0.15) is 0 Å². The zero-order valence-electron chi connectivity index (χ0n) is 10.00. The SMILES string of the molecule is C=CC(OC)[C@@H](O)C(C)/C=C(/C)CN=[N+]=[N-]. The van der Waals surface area contributed by atoms with Gasteiger partial charge in [0.25, 0.3) is 0 Å². The van der Waals surface area contributed by atoms with Gasteiger partial charge in [0.05, 0.1) is 6.10 Å². The van der Waals surface area contributed by atoms with Crippen molar-refractivity contribution in [3.05, 3.63) is 34.7 Å². The first-order chi connectivity index (χ1) is 7.56. The van der Waals surface area contributed by atoms with Crippen molar-refractivity contribution in [3.63, 3.8) is 0 Å². The summed E-state index contributed by atoms with van der Waals surface area (Å²) in [6.45, 7) is 7.64. The summed E-state index contributed by atoms with van der Waals surface area (Å²) in [6, 6.07) is 0. The summed E-state index contributed by atoms with van der Waals surface area (Å²) in [7, 11) is 1.53. The van der Waals surface area contributed by atoms with Crippen LogP contribution in [0.5, 0.6) is 0 Å². The van der Waals surface area contributed by atoms with Gasteiger partial charge in [-0.25, -0.2) is 0 Å². The third kappa shape index (κ3) is 4.98. The fourth-order valence-corrected chi connectivity index (χ4v) is 1.42. The molecule has 5 nitrogen and oxygen atoms in total. The van der Waals surface area contributed by atoms with Crippen LogP contribution < -0.4 is 0 Å². The third-order valence-electron chi connectivity index (χ3n) is 2.31. The Bertz CT molecular complexity index is 296. The molecule has 2 unspecified atom stereocenters. The van der Waals surface area contributed by atoms with Crippen molar-refractivity contribution in [2.45, 2.75) is 26.1 Å². The van der Waals surface area contributed by atoms with Crippen molar-refractivity contribution in [2.75, 3.05) is 13.7 Å². The molecule has 0 radical (unpaired) electrons. The molecule has 0 fully saturated rings. The van der Waals surface area contributed by atoms with E-state index in [4.69, 9.17) is 10.3 Å². The molecule has 1 N–H and O–H groups in total. The molecule has 0 aliphatic carbocycles. The molecule has 5 heteroatoms. The molecule has 0 aromatic rings. The van der Waals surface area contributed by atoms with Gasteiger partial charge < -0.3 is 9.84 Å². The average molecular weight is 225 g/mol. The molecular weight excluding hydrogens is 206 g/mol. The summed E-state index contributed by atoms with van der Waals surface area (Å²) < 4.78 is 5.07. The fraction of sp³-hybridized carbons (Fsp3) is 0.636. The lowest BCUT2D eigenvalue weighted by Crippen LogP contribution is -2.31. The van der Waals surface area contributed by atoms with Crippen LogP contribution in [0.15, 0.2) is 29.4 Å². The zero-order chi connectivity index (χ0) is 12.6. The van der Waals surface area contributed by atoms with Gasteiger partial charge in [0.2, 0.25) is 0 Å². The maximum atomic E-state index is 9.91. The van der Waals surface area contributed by atoms with Crippen molar-refractivity contribution in [1.29, 1.82) is 0 Å². The monoisotopic (exact) mass is 225 g/mol. The summed E-state index contributed by atoms with van der Waals surface area (Å²) >= 11 is 0. The predicted molar refractivity (Wildman–Crippen MR) is 63.9 cm³/mol. The summed E-state index contributed by atoms with van der Waals surface area (Å²) in [6.07, 6.45) is 2.40. The minimum Gasteiger partial charge on any atom is -0.389 e.